The van der Waals surface area contributed by atoms with Crippen molar-refractivity contribution in [2.24, 2.45) is 0 Å². The van der Waals surface area contributed by atoms with E-state index in [4.69, 9.17) is 4.74 Å². The number of phenols is 1. The predicted octanol–water partition coefficient (Wildman–Crippen LogP) is 2.01. The lowest BCUT2D eigenvalue weighted by Gasteiger charge is -2.23. The highest BCUT2D eigenvalue weighted by molar-refractivity contribution is 5.76. The Bertz CT molecular complexity index is 422. The van der Waals surface area contributed by atoms with E-state index >= 15 is 0 Å². The Balaban J connectivity index is 1.70. The number of aromatic hydroxyl groups is 1. The van der Waals surface area contributed by atoms with Crippen LogP contribution in [-0.2, 0) is 16.0 Å². The molecule has 0 aliphatic carbocycles. The molecule has 0 bridgehead atoms. The van der Waals surface area contributed by atoms with Gasteiger partial charge in [0.25, 0.3) is 0 Å². The zero-order valence-corrected chi connectivity index (χ0v) is 11.3. The van der Waals surface area contributed by atoms with Crippen LogP contribution in [0.5, 0.6) is 5.75 Å². The van der Waals surface area contributed by atoms with Crippen molar-refractivity contribution in [1.29, 1.82) is 0 Å². The van der Waals surface area contributed by atoms with Crippen LogP contribution >= 0.6 is 0 Å². The third-order valence-electron chi connectivity index (χ3n) is 3.47. The van der Waals surface area contributed by atoms with Gasteiger partial charge in [0.15, 0.2) is 0 Å². The fraction of sp³-hybridized carbons (Fsp3) is 0.533. The van der Waals surface area contributed by atoms with Gasteiger partial charge >= 0.3 is 0 Å². The Hall–Kier alpha value is -1.55. The molecule has 2 rings (SSSR count). The van der Waals surface area contributed by atoms with Crippen LogP contribution in [0.1, 0.15) is 31.7 Å². The van der Waals surface area contributed by atoms with Gasteiger partial charge in [0.1, 0.15) is 5.75 Å². The zero-order valence-electron chi connectivity index (χ0n) is 11.3. The Labute approximate surface area is 113 Å². The minimum Gasteiger partial charge on any atom is -0.508 e. The standard InChI is InChI=1S/C15H21NO3/c1-15(9-10-19-11-15)16-14(18)4-2-3-12-5-7-13(17)8-6-12/h5-8,17H,2-4,9-11H2,1H3,(H,16,18)/t15-/m1/s1. The largest absolute Gasteiger partial charge is 0.508 e. The number of ether oxygens (including phenoxy) is 1. The molecule has 19 heavy (non-hydrogen) atoms. The summed E-state index contributed by atoms with van der Waals surface area (Å²) in [5.41, 5.74) is 0.955. The first-order chi connectivity index (χ1) is 9.07. The number of carbonyl (C=O) groups excluding carboxylic acids is 1. The molecule has 104 valence electrons. The highest BCUT2D eigenvalue weighted by Crippen LogP contribution is 2.18. The van der Waals surface area contributed by atoms with Crippen molar-refractivity contribution < 1.29 is 14.6 Å². The first-order valence-corrected chi connectivity index (χ1v) is 6.74. The summed E-state index contributed by atoms with van der Waals surface area (Å²) in [6, 6.07) is 7.12. The molecule has 1 amide bonds. The number of nitrogens with one attached hydrogen (secondary N) is 1. The molecule has 1 fully saturated rings. The molecule has 0 spiro atoms. The molecule has 0 aromatic heterocycles. The molecule has 1 aromatic carbocycles. The van der Waals surface area contributed by atoms with Crippen molar-refractivity contribution in [2.75, 3.05) is 13.2 Å². The Kier molecular flexibility index (Phi) is 4.43. The monoisotopic (exact) mass is 263 g/mol. The van der Waals surface area contributed by atoms with E-state index < -0.39 is 0 Å². The van der Waals surface area contributed by atoms with E-state index in [2.05, 4.69) is 5.32 Å². The Morgan fingerprint density at radius 3 is 2.79 bits per heavy atom. The van der Waals surface area contributed by atoms with Gasteiger partial charge in [-0.1, -0.05) is 12.1 Å². The SMILES string of the molecule is C[C@@]1(NC(=O)CCCc2ccc(O)cc2)CCOC1. The van der Waals surface area contributed by atoms with Crippen LogP contribution in [0.4, 0.5) is 0 Å². The summed E-state index contributed by atoms with van der Waals surface area (Å²) in [6.45, 7) is 3.36. The number of hydrogen-bond acceptors (Lipinski definition) is 3. The van der Waals surface area contributed by atoms with Gasteiger partial charge in [-0.2, -0.15) is 0 Å². The summed E-state index contributed by atoms with van der Waals surface area (Å²) < 4.78 is 5.31. The van der Waals surface area contributed by atoms with Crippen LogP contribution in [0.3, 0.4) is 0 Å². The summed E-state index contributed by atoms with van der Waals surface area (Å²) in [6.07, 6.45) is 3.07. The number of carbonyl (C=O) groups is 1. The van der Waals surface area contributed by atoms with Gasteiger partial charge in [-0.3, -0.25) is 4.79 Å². The van der Waals surface area contributed by atoms with Gasteiger partial charge in [-0.15, -0.1) is 0 Å². The number of rotatable bonds is 5. The average molecular weight is 263 g/mol. The number of phenolic OH excluding ortho intramolecular Hbond substituents is 1. The highest BCUT2D eigenvalue weighted by Gasteiger charge is 2.30. The second-order valence-corrected chi connectivity index (χ2v) is 5.43. The molecule has 0 saturated carbocycles. The number of amides is 1. The van der Waals surface area contributed by atoms with Gasteiger partial charge in [0, 0.05) is 13.0 Å². The summed E-state index contributed by atoms with van der Waals surface area (Å²) in [4.78, 5) is 11.8. The average Bonchev–Trinajstić information content (AvgIpc) is 2.78. The molecule has 1 aliphatic heterocycles. The van der Waals surface area contributed by atoms with Crippen LogP contribution < -0.4 is 5.32 Å². The van der Waals surface area contributed by atoms with E-state index in [1.54, 1.807) is 12.1 Å². The van der Waals surface area contributed by atoms with Gasteiger partial charge in [0.05, 0.1) is 12.1 Å². The van der Waals surface area contributed by atoms with E-state index in [1.165, 1.54) is 0 Å². The molecule has 0 unspecified atom stereocenters. The maximum absolute atomic E-state index is 11.8. The molecule has 1 atom stereocenters. The molecular weight excluding hydrogens is 242 g/mol. The van der Waals surface area contributed by atoms with Crippen molar-refractivity contribution in [2.45, 2.75) is 38.1 Å². The zero-order chi connectivity index (χ0) is 13.7. The Morgan fingerprint density at radius 1 is 1.42 bits per heavy atom. The van der Waals surface area contributed by atoms with Crippen LogP contribution in [0.25, 0.3) is 0 Å². The van der Waals surface area contributed by atoms with Gasteiger partial charge < -0.3 is 15.2 Å². The van der Waals surface area contributed by atoms with E-state index in [1.807, 2.05) is 19.1 Å². The van der Waals surface area contributed by atoms with Crippen molar-refractivity contribution in [3.63, 3.8) is 0 Å². The van der Waals surface area contributed by atoms with Crippen LogP contribution in [0.15, 0.2) is 24.3 Å². The van der Waals surface area contributed by atoms with E-state index in [-0.39, 0.29) is 17.2 Å². The van der Waals surface area contributed by atoms with E-state index in [9.17, 15) is 9.90 Å². The van der Waals surface area contributed by atoms with E-state index in [0.29, 0.717) is 13.0 Å². The topological polar surface area (TPSA) is 58.6 Å². The normalized spacial score (nSPS) is 22.4. The molecule has 1 aromatic rings. The molecule has 1 aliphatic rings. The first-order valence-electron chi connectivity index (χ1n) is 6.74. The molecule has 4 heteroatoms. The lowest BCUT2D eigenvalue weighted by molar-refractivity contribution is -0.123. The van der Waals surface area contributed by atoms with Crippen molar-refractivity contribution in [3.8, 4) is 5.75 Å². The van der Waals surface area contributed by atoms with Crippen molar-refractivity contribution in [3.05, 3.63) is 29.8 Å². The van der Waals surface area contributed by atoms with Gasteiger partial charge in [-0.25, -0.2) is 0 Å². The number of benzene rings is 1. The summed E-state index contributed by atoms with van der Waals surface area (Å²) in [5.74, 6) is 0.363. The quantitative estimate of drug-likeness (QED) is 0.854. The summed E-state index contributed by atoms with van der Waals surface area (Å²) >= 11 is 0. The molecular formula is C15H21NO3. The Morgan fingerprint density at radius 2 is 2.16 bits per heavy atom. The van der Waals surface area contributed by atoms with Gasteiger partial charge in [0.2, 0.25) is 5.91 Å². The third-order valence-corrected chi connectivity index (χ3v) is 3.47. The summed E-state index contributed by atoms with van der Waals surface area (Å²) in [7, 11) is 0. The molecule has 4 nitrogen and oxygen atoms in total. The molecule has 0 radical (unpaired) electrons. The number of aryl methyl sites for hydroxylation is 1. The fourth-order valence-corrected chi connectivity index (χ4v) is 2.28. The van der Waals surface area contributed by atoms with Crippen molar-refractivity contribution >= 4 is 5.91 Å². The molecule has 1 saturated heterocycles. The molecule has 2 N–H and O–H groups in total. The number of hydrogen-bond donors (Lipinski definition) is 2. The first kappa shape index (κ1) is 13.9. The van der Waals surface area contributed by atoms with Crippen LogP contribution in [0.2, 0.25) is 0 Å². The fourth-order valence-electron chi connectivity index (χ4n) is 2.28. The smallest absolute Gasteiger partial charge is 0.220 e. The maximum atomic E-state index is 11.8. The second-order valence-electron chi connectivity index (χ2n) is 5.43. The van der Waals surface area contributed by atoms with E-state index in [0.717, 1.165) is 31.4 Å². The molecule has 1 heterocycles. The van der Waals surface area contributed by atoms with Crippen molar-refractivity contribution in [1.82, 2.24) is 5.32 Å². The highest BCUT2D eigenvalue weighted by atomic mass is 16.5. The predicted molar refractivity (Wildman–Crippen MR) is 73.0 cm³/mol. The van der Waals surface area contributed by atoms with Crippen LogP contribution in [-0.4, -0.2) is 29.8 Å². The summed E-state index contributed by atoms with van der Waals surface area (Å²) in [5, 5.41) is 12.2. The lowest BCUT2D eigenvalue weighted by atomic mass is 10.0. The minimum atomic E-state index is -0.185. The van der Waals surface area contributed by atoms with Crippen LogP contribution in [0, 0.1) is 0 Å². The maximum Gasteiger partial charge on any atom is 0.220 e. The second kappa shape index (κ2) is 6.06. The minimum absolute atomic E-state index is 0.0896. The lowest BCUT2D eigenvalue weighted by Crippen LogP contribution is -2.46. The third kappa shape index (κ3) is 4.24. The van der Waals surface area contributed by atoms with Gasteiger partial charge in [-0.05, 0) is 43.9 Å².